The summed E-state index contributed by atoms with van der Waals surface area (Å²) in [6.07, 6.45) is 2.51. The van der Waals surface area contributed by atoms with Crippen molar-refractivity contribution in [2.24, 2.45) is 0 Å². The van der Waals surface area contributed by atoms with Crippen LogP contribution in [0.4, 0.5) is 0 Å². The molecule has 0 aromatic carbocycles. The van der Waals surface area contributed by atoms with Crippen molar-refractivity contribution in [2.45, 2.75) is 19.3 Å². The molecule has 6 heteroatoms. The van der Waals surface area contributed by atoms with E-state index in [2.05, 4.69) is 25.9 Å². The lowest BCUT2D eigenvalue weighted by Gasteiger charge is -2.03. The molecule has 0 aliphatic heterocycles. The first-order valence-corrected chi connectivity index (χ1v) is 7.54. The third-order valence-electron chi connectivity index (χ3n) is 2.83. The molecule has 0 N–H and O–H groups in total. The number of pyridine rings is 2. The van der Waals surface area contributed by atoms with Gasteiger partial charge in [-0.25, -0.2) is 4.98 Å². The second kappa shape index (κ2) is 7.43. The van der Waals surface area contributed by atoms with E-state index in [9.17, 15) is 9.59 Å². The number of Topliss-reactive ketones (excluding diaryl/α,β-unsaturated/α-hetero) is 2. The summed E-state index contributed by atoms with van der Waals surface area (Å²) in [7, 11) is 0. The van der Waals surface area contributed by atoms with Gasteiger partial charge in [0.25, 0.3) is 0 Å². The van der Waals surface area contributed by atoms with Crippen LogP contribution in [0.2, 0.25) is 5.02 Å². The summed E-state index contributed by atoms with van der Waals surface area (Å²) in [4.78, 5) is 32.0. The molecule has 2 rings (SSSR count). The topological polar surface area (TPSA) is 59.9 Å². The quantitative estimate of drug-likeness (QED) is 0.569. The van der Waals surface area contributed by atoms with E-state index in [1.165, 1.54) is 0 Å². The van der Waals surface area contributed by atoms with Crippen LogP contribution in [0.25, 0.3) is 0 Å². The lowest BCUT2D eigenvalue weighted by atomic mass is 10.1. The van der Waals surface area contributed by atoms with Crippen molar-refractivity contribution in [3.8, 4) is 0 Å². The first-order valence-electron chi connectivity index (χ1n) is 6.37. The molecule has 0 saturated heterocycles. The van der Waals surface area contributed by atoms with Crippen molar-refractivity contribution in [1.29, 1.82) is 0 Å². The third-order valence-corrected chi connectivity index (χ3v) is 3.58. The largest absolute Gasteiger partial charge is 0.292 e. The molecule has 0 aliphatic rings. The highest BCUT2D eigenvalue weighted by Crippen LogP contribution is 2.19. The fourth-order valence-electron chi connectivity index (χ4n) is 1.80. The number of halogens is 2. The zero-order chi connectivity index (χ0) is 15.2. The molecule has 0 spiro atoms. The van der Waals surface area contributed by atoms with Gasteiger partial charge in [0.2, 0.25) is 0 Å². The molecular weight excluding hydrogens is 356 g/mol. The van der Waals surface area contributed by atoms with Crippen LogP contribution < -0.4 is 0 Å². The van der Waals surface area contributed by atoms with Crippen molar-refractivity contribution in [3.05, 3.63) is 57.5 Å². The van der Waals surface area contributed by atoms with Gasteiger partial charge in [-0.1, -0.05) is 17.7 Å². The van der Waals surface area contributed by atoms with Gasteiger partial charge < -0.3 is 0 Å². The monoisotopic (exact) mass is 366 g/mol. The molecule has 0 radical (unpaired) electrons. The van der Waals surface area contributed by atoms with E-state index >= 15 is 0 Å². The number of carbonyl (C=O) groups is 2. The van der Waals surface area contributed by atoms with Gasteiger partial charge in [0.15, 0.2) is 11.6 Å². The third kappa shape index (κ3) is 4.44. The number of rotatable bonds is 6. The van der Waals surface area contributed by atoms with E-state index in [1.807, 2.05) is 0 Å². The summed E-state index contributed by atoms with van der Waals surface area (Å²) < 4.78 is 0.555. The van der Waals surface area contributed by atoms with E-state index in [0.717, 1.165) is 0 Å². The van der Waals surface area contributed by atoms with Gasteiger partial charge in [-0.05, 0) is 46.6 Å². The lowest BCUT2D eigenvalue weighted by Crippen LogP contribution is -2.06. The van der Waals surface area contributed by atoms with Crippen LogP contribution in [-0.2, 0) is 0 Å². The van der Waals surface area contributed by atoms with E-state index in [1.54, 1.807) is 36.5 Å². The van der Waals surface area contributed by atoms with Crippen LogP contribution in [0, 0.1) is 0 Å². The Hall–Kier alpha value is -1.59. The number of ketones is 2. The molecule has 108 valence electrons. The van der Waals surface area contributed by atoms with Gasteiger partial charge in [-0.15, -0.1) is 0 Å². The van der Waals surface area contributed by atoms with Crippen molar-refractivity contribution >= 4 is 39.1 Å². The maximum absolute atomic E-state index is 12.0. The highest BCUT2D eigenvalue weighted by Gasteiger charge is 2.14. The fraction of sp³-hybridized carbons (Fsp3) is 0.200. The van der Waals surface area contributed by atoms with Gasteiger partial charge in [-0.2, -0.15) is 0 Å². The number of hydrogen-bond donors (Lipinski definition) is 0. The summed E-state index contributed by atoms with van der Waals surface area (Å²) in [6, 6.07) is 8.46. The standard InChI is InChI=1S/C15H12BrClN2O2/c16-14-8-7-10(17)15(19-14)13(21)6-3-5-12(20)11-4-1-2-9-18-11/h1-2,4,7-9H,3,5-6H2. The summed E-state index contributed by atoms with van der Waals surface area (Å²) >= 11 is 9.15. The smallest absolute Gasteiger partial charge is 0.182 e. The second-order valence-electron chi connectivity index (χ2n) is 4.38. The SMILES string of the molecule is O=C(CCCC(=O)c1nc(Br)ccc1Cl)c1ccccn1. The molecule has 0 unspecified atom stereocenters. The van der Waals surface area contributed by atoms with Crippen molar-refractivity contribution < 1.29 is 9.59 Å². The molecule has 4 nitrogen and oxygen atoms in total. The predicted octanol–water partition coefficient (Wildman–Crippen LogP) is 4.13. The minimum Gasteiger partial charge on any atom is -0.292 e. The predicted molar refractivity (Wildman–Crippen MR) is 83.7 cm³/mol. The van der Waals surface area contributed by atoms with Crippen LogP contribution in [0.15, 0.2) is 41.1 Å². The van der Waals surface area contributed by atoms with E-state index in [-0.39, 0.29) is 30.1 Å². The number of nitrogens with zero attached hydrogens (tertiary/aromatic N) is 2. The van der Waals surface area contributed by atoms with Gasteiger partial charge in [0.05, 0.1) is 5.02 Å². The van der Waals surface area contributed by atoms with Gasteiger partial charge in [-0.3, -0.25) is 14.6 Å². The molecular formula is C15H12BrClN2O2. The van der Waals surface area contributed by atoms with E-state index in [4.69, 9.17) is 11.6 Å². The minimum absolute atomic E-state index is 0.0725. The van der Waals surface area contributed by atoms with Crippen LogP contribution in [-0.4, -0.2) is 21.5 Å². The number of hydrogen-bond acceptors (Lipinski definition) is 4. The molecule has 21 heavy (non-hydrogen) atoms. The number of aromatic nitrogens is 2. The Morgan fingerprint density at radius 2 is 1.86 bits per heavy atom. The summed E-state index contributed by atoms with van der Waals surface area (Å²) in [6.45, 7) is 0. The fourth-order valence-corrected chi connectivity index (χ4v) is 2.32. The molecule has 0 atom stereocenters. The highest BCUT2D eigenvalue weighted by atomic mass is 79.9. The molecule has 2 aromatic rings. The van der Waals surface area contributed by atoms with Crippen LogP contribution in [0.5, 0.6) is 0 Å². The van der Waals surface area contributed by atoms with E-state index in [0.29, 0.717) is 21.7 Å². The lowest BCUT2D eigenvalue weighted by molar-refractivity contribution is 0.0952. The summed E-state index contributed by atoms with van der Waals surface area (Å²) in [5, 5.41) is 0.319. The molecule has 0 saturated carbocycles. The van der Waals surface area contributed by atoms with Crippen LogP contribution in [0.3, 0.4) is 0 Å². The maximum atomic E-state index is 12.0. The second-order valence-corrected chi connectivity index (χ2v) is 5.60. The Balaban J connectivity index is 1.90. The Morgan fingerprint density at radius 3 is 2.57 bits per heavy atom. The average molecular weight is 368 g/mol. The average Bonchev–Trinajstić information content (AvgIpc) is 2.50. The van der Waals surface area contributed by atoms with Gasteiger partial charge in [0, 0.05) is 19.0 Å². The minimum atomic E-state index is -0.171. The zero-order valence-electron chi connectivity index (χ0n) is 11.1. The molecule has 2 aromatic heterocycles. The van der Waals surface area contributed by atoms with E-state index < -0.39 is 0 Å². The molecule has 0 amide bonds. The van der Waals surface area contributed by atoms with Gasteiger partial charge >= 0.3 is 0 Å². The van der Waals surface area contributed by atoms with Crippen molar-refractivity contribution in [3.63, 3.8) is 0 Å². The van der Waals surface area contributed by atoms with Crippen molar-refractivity contribution in [2.75, 3.05) is 0 Å². The summed E-state index contributed by atoms with van der Waals surface area (Å²) in [5.41, 5.74) is 0.653. The first kappa shape index (κ1) is 15.8. The maximum Gasteiger partial charge on any atom is 0.182 e. The van der Waals surface area contributed by atoms with Gasteiger partial charge in [0.1, 0.15) is 16.0 Å². The first-order chi connectivity index (χ1) is 10.1. The highest BCUT2D eigenvalue weighted by molar-refractivity contribution is 9.10. The Labute approximate surface area is 135 Å². The Kier molecular flexibility index (Phi) is 5.59. The number of carbonyl (C=O) groups excluding carboxylic acids is 2. The molecule has 0 bridgehead atoms. The van der Waals surface area contributed by atoms with Crippen LogP contribution >= 0.6 is 27.5 Å². The van der Waals surface area contributed by atoms with Crippen LogP contribution in [0.1, 0.15) is 40.2 Å². The molecule has 0 fully saturated rings. The molecule has 0 aliphatic carbocycles. The van der Waals surface area contributed by atoms with Crippen molar-refractivity contribution in [1.82, 2.24) is 9.97 Å². The zero-order valence-corrected chi connectivity index (χ0v) is 13.4. The molecule has 2 heterocycles. The normalized spacial score (nSPS) is 10.4. The summed E-state index contributed by atoms with van der Waals surface area (Å²) in [5.74, 6) is -0.244. The Morgan fingerprint density at radius 1 is 1.10 bits per heavy atom. The Bertz CT molecular complexity index is 662.